The average Bonchev–Trinajstić information content (AvgIpc) is 3.10. The molecule has 1 unspecified atom stereocenters. The summed E-state index contributed by atoms with van der Waals surface area (Å²) in [7, 11) is 0. The maximum Gasteiger partial charge on any atom is 0.343 e. The molecule has 0 saturated heterocycles. The van der Waals surface area contributed by atoms with E-state index >= 15 is 0 Å². The van der Waals surface area contributed by atoms with Crippen LogP contribution in [0.3, 0.4) is 0 Å². The number of unbranched alkanes of at least 4 members (excludes halogenated alkanes) is 14. The zero-order valence-electron chi connectivity index (χ0n) is 28.6. The van der Waals surface area contributed by atoms with Gasteiger partial charge in [-0.15, -0.1) is 0 Å². The fourth-order valence-electron chi connectivity index (χ4n) is 5.12. The number of ether oxygens (including phenoxy) is 2. The van der Waals surface area contributed by atoms with Crippen molar-refractivity contribution in [2.45, 2.75) is 121 Å². The monoisotopic (exact) mass is 658 g/mol. The lowest BCUT2D eigenvalue weighted by Crippen LogP contribution is -2.08. The van der Waals surface area contributed by atoms with Gasteiger partial charge in [0.05, 0.1) is 23.7 Å². The standard InChI is InChI=1S/C41H54O5S/c1-3-5-7-9-11-13-15-17-33-44-38-29-25-37(26-30-38)41(42)46-39-27-21-35(22-28-39)19-20-36-23-31-40(32-24-36)47(43)45-34-18-16-14-12-10-8-6-4-2/h21-32H,3-18,33-34H2,1-2H3. The van der Waals surface area contributed by atoms with Crippen molar-refractivity contribution >= 4 is 17.0 Å². The summed E-state index contributed by atoms with van der Waals surface area (Å²) in [6.07, 6.45) is 19.9. The number of rotatable bonds is 23. The highest BCUT2D eigenvalue weighted by Crippen LogP contribution is 2.18. The summed E-state index contributed by atoms with van der Waals surface area (Å²) in [6, 6.07) is 21.5. The van der Waals surface area contributed by atoms with E-state index in [0.29, 0.717) is 29.4 Å². The summed E-state index contributed by atoms with van der Waals surface area (Å²) in [5.41, 5.74) is 2.08. The van der Waals surface area contributed by atoms with Gasteiger partial charge in [-0.3, -0.25) is 4.18 Å². The van der Waals surface area contributed by atoms with Crippen LogP contribution in [0.25, 0.3) is 0 Å². The molecule has 5 nitrogen and oxygen atoms in total. The van der Waals surface area contributed by atoms with Gasteiger partial charge >= 0.3 is 5.97 Å². The van der Waals surface area contributed by atoms with E-state index in [1.807, 2.05) is 36.4 Å². The molecule has 3 aromatic carbocycles. The number of carbonyl (C=O) groups is 1. The van der Waals surface area contributed by atoms with Crippen LogP contribution in [0.2, 0.25) is 0 Å². The van der Waals surface area contributed by atoms with Crippen molar-refractivity contribution in [3.05, 3.63) is 89.5 Å². The quantitative estimate of drug-likeness (QED) is 0.0439. The van der Waals surface area contributed by atoms with Crippen molar-refractivity contribution in [2.24, 2.45) is 0 Å². The number of esters is 1. The van der Waals surface area contributed by atoms with Gasteiger partial charge in [-0.2, -0.15) is 0 Å². The van der Waals surface area contributed by atoms with E-state index < -0.39 is 17.0 Å². The minimum atomic E-state index is -1.47. The van der Waals surface area contributed by atoms with Crippen molar-refractivity contribution in [1.29, 1.82) is 0 Å². The molecule has 0 fully saturated rings. The second-order valence-electron chi connectivity index (χ2n) is 12.1. The molecule has 0 aliphatic heterocycles. The van der Waals surface area contributed by atoms with Crippen LogP contribution in [0, 0.1) is 11.8 Å². The molecule has 3 rings (SSSR count). The molecular weight excluding hydrogens is 605 g/mol. The molecule has 0 N–H and O–H groups in total. The molecule has 0 radical (unpaired) electrons. The lowest BCUT2D eigenvalue weighted by Gasteiger charge is -2.08. The fourth-order valence-corrected chi connectivity index (χ4v) is 5.88. The van der Waals surface area contributed by atoms with Gasteiger partial charge in [0, 0.05) is 11.1 Å². The Morgan fingerprint density at radius 1 is 0.553 bits per heavy atom. The second kappa shape index (κ2) is 23.8. The molecular formula is C41H54O5S. The van der Waals surface area contributed by atoms with Crippen molar-refractivity contribution in [1.82, 2.24) is 0 Å². The first-order valence-corrected chi connectivity index (χ1v) is 18.9. The SMILES string of the molecule is CCCCCCCCCCOc1ccc(C(=O)Oc2ccc(C#Cc3ccc(S(=O)OCCCCCCCCCC)cc3)cc2)cc1. The van der Waals surface area contributed by atoms with Crippen LogP contribution in [0.5, 0.6) is 11.5 Å². The summed E-state index contributed by atoms with van der Waals surface area (Å²) in [4.78, 5) is 13.3. The van der Waals surface area contributed by atoms with Crippen LogP contribution in [0.15, 0.2) is 77.7 Å². The third-order valence-electron chi connectivity index (χ3n) is 8.01. The third-order valence-corrected chi connectivity index (χ3v) is 9.05. The number of benzene rings is 3. The van der Waals surface area contributed by atoms with Crippen LogP contribution in [0.4, 0.5) is 0 Å². The minimum absolute atomic E-state index is 0.419. The average molecular weight is 659 g/mol. The van der Waals surface area contributed by atoms with Crippen LogP contribution in [0.1, 0.15) is 138 Å². The maximum absolute atomic E-state index is 12.6. The van der Waals surface area contributed by atoms with E-state index in [0.717, 1.165) is 36.1 Å². The summed E-state index contributed by atoms with van der Waals surface area (Å²) in [6.45, 7) is 5.67. The second-order valence-corrected chi connectivity index (χ2v) is 13.2. The van der Waals surface area contributed by atoms with Crippen molar-refractivity contribution in [2.75, 3.05) is 13.2 Å². The molecule has 0 amide bonds. The van der Waals surface area contributed by atoms with Crippen LogP contribution >= 0.6 is 0 Å². The van der Waals surface area contributed by atoms with Crippen molar-refractivity contribution in [3.8, 4) is 23.3 Å². The molecule has 6 heteroatoms. The Bertz CT molecular complexity index is 1350. The smallest absolute Gasteiger partial charge is 0.343 e. The molecule has 0 aliphatic rings. The van der Waals surface area contributed by atoms with E-state index in [2.05, 4.69) is 25.7 Å². The summed E-state index contributed by atoms with van der Waals surface area (Å²) in [5.74, 6) is 7.05. The molecule has 1 atom stereocenters. The van der Waals surface area contributed by atoms with E-state index in [1.54, 1.807) is 36.4 Å². The van der Waals surface area contributed by atoms with Gasteiger partial charge in [0.1, 0.15) is 11.5 Å². The normalized spacial score (nSPS) is 11.4. The molecule has 0 heterocycles. The number of hydrogen-bond donors (Lipinski definition) is 0. The van der Waals surface area contributed by atoms with Gasteiger partial charge in [-0.25, -0.2) is 9.00 Å². The van der Waals surface area contributed by atoms with Gasteiger partial charge in [-0.1, -0.05) is 116 Å². The topological polar surface area (TPSA) is 61.8 Å². The molecule has 0 saturated carbocycles. The van der Waals surface area contributed by atoms with E-state index in [9.17, 15) is 9.00 Å². The van der Waals surface area contributed by atoms with E-state index in [-0.39, 0.29) is 0 Å². The first-order chi connectivity index (χ1) is 23.1. The lowest BCUT2D eigenvalue weighted by atomic mass is 10.1. The summed E-state index contributed by atoms with van der Waals surface area (Å²) >= 11 is -1.47. The van der Waals surface area contributed by atoms with Gasteiger partial charge < -0.3 is 9.47 Å². The van der Waals surface area contributed by atoms with E-state index in [1.165, 1.54) is 83.5 Å². The van der Waals surface area contributed by atoms with Crippen molar-refractivity contribution < 1.29 is 22.7 Å². The first-order valence-electron chi connectivity index (χ1n) is 17.8. The largest absolute Gasteiger partial charge is 0.494 e. The Morgan fingerprint density at radius 3 is 1.53 bits per heavy atom. The lowest BCUT2D eigenvalue weighted by molar-refractivity contribution is 0.0734. The Balaban J connectivity index is 1.34. The molecule has 0 aromatic heterocycles. The zero-order valence-corrected chi connectivity index (χ0v) is 29.4. The van der Waals surface area contributed by atoms with Gasteiger partial charge in [0.2, 0.25) is 0 Å². The molecule has 0 bridgehead atoms. The maximum atomic E-state index is 12.6. The Labute approximate surface area is 286 Å². The van der Waals surface area contributed by atoms with Gasteiger partial charge in [0.25, 0.3) is 0 Å². The van der Waals surface area contributed by atoms with Gasteiger partial charge in [0.15, 0.2) is 11.1 Å². The highest BCUT2D eigenvalue weighted by atomic mass is 32.2. The Kier molecular flexibility index (Phi) is 19.3. The predicted molar refractivity (Wildman–Crippen MR) is 193 cm³/mol. The molecule has 254 valence electrons. The van der Waals surface area contributed by atoms with Crippen LogP contribution in [-0.2, 0) is 15.3 Å². The van der Waals surface area contributed by atoms with E-state index in [4.69, 9.17) is 13.7 Å². The molecule has 3 aromatic rings. The first kappa shape index (κ1) is 38.1. The fraction of sp³-hybridized carbons (Fsp3) is 0.488. The summed E-state index contributed by atoms with van der Waals surface area (Å²) < 4.78 is 29.4. The highest BCUT2D eigenvalue weighted by Gasteiger charge is 2.09. The van der Waals surface area contributed by atoms with Gasteiger partial charge in [-0.05, 0) is 85.6 Å². The third kappa shape index (κ3) is 16.3. The Hall–Kier alpha value is -3.40. The predicted octanol–water partition coefficient (Wildman–Crippen LogP) is 11.0. The summed E-state index contributed by atoms with van der Waals surface area (Å²) in [5, 5.41) is 0. The number of carbonyl (C=O) groups excluding carboxylic acids is 1. The zero-order chi connectivity index (χ0) is 33.4. The van der Waals surface area contributed by atoms with Crippen LogP contribution < -0.4 is 9.47 Å². The van der Waals surface area contributed by atoms with Crippen LogP contribution in [-0.4, -0.2) is 23.4 Å². The Morgan fingerprint density at radius 2 is 1.00 bits per heavy atom. The van der Waals surface area contributed by atoms with Crippen molar-refractivity contribution in [3.63, 3.8) is 0 Å². The minimum Gasteiger partial charge on any atom is -0.494 e. The molecule has 47 heavy (non-hydrogen) atoms. The number of hydrogen-bond acceptors (Lipinski definition) is 5. The highest BCUT2D eigenvalue weighted by molar-refractivity contribution is 7.80. The molecule has 0 spiro atoms. The molecule has 0 aliphatic carbocycles.